The van der Waals surface area contributed by atoms with Crippen molar-refractivity contribution in [1.82, 2.24) is 9.97 Å². The number of benzene rings is 1. The van der Waals surface area contributed by atoms with E-state index in [4.69, 9.17) is 5.73 Å². The summed E-state index contributed by atoms with van der Waals surface area (Å²) in [5.74, 6) is 0.263. The molecule has 1 aromatic carbocycles. The zero-order valence-electron chi connectivity index (χ0n) is 8.93. The zero-order chi connectivity index (χ0) is 11.5. The van der Waals surface area contributed by atoms with E-state index >= 15 is 0 Å². The third-order valence-corrected chi connectivity index (χ3v) is 2.36. The topological polar surface area (TPSA) is 81.0 Å². The number of aromatic nitrogens is 2. The molecule has 1 atom stereocenters. The molecule has 5 nitrogen and oxygen atoms in total. The summed E-state index contributed by atoms with van der Waals surface area (Å²) in [6.07, 6.45) is 0.349. The summed E-state index contributed by atoms with van der Waals surface area (Å²) in [5, 5.41) is 0. The average molecular weight is 219 g/mol. The highest BCUT2D eigenvalue weighted by Crippen LogP contribution is 2.11. The minimum absolute atomic E-state index is 0.349. The maximum Gasteiger partial charge on any atom is 0.323 e. The van der Waals surface area contributed by atoms with E-state index in [1.165, 1.54) is 7.11 Å². The molecule has 0 bridgehead atoms. The lowest BCUT2D eigenvalue weighted by atomic mass is 10.2. The van der Waals surface area contributed by atoms with Crippen molar-refractivity contribution in [2.75, 3.05) is 7.11 Å². The summed E-state index contributed by atoms with van der Waals surface area (Å²) in [6, 6.07) is 6.98. The minimum Gasteiger partial charge on any atom is -0.468 e. The predicted octanol–water partition coefficient (Wildman–Crippen LogP) is 0.606. The van der Waals surface area contributed by atoms with E-state index in [-0.39, 0.29) is 0 Å². The van der Waals surface area contributed by atoms with Crippen LogP contribution in [0.25, 0.3) is 11.0 Å². The Bertz CT molecular complexity index is 474. The summed E-state index contributed by atoms with van der Waals surface area (Å²) in [7, 11) is 1.32. The number of hydrogen-bond acceptors (Lipinski definition) is 4. The normalized spacial score (nSPS) is 12.6. The second kappa shape index (κ2) is 4.32. The smallest absolute Gasteiger partial charge is 0.323 e. The molecule has 84 valence electrons. The third-order valence-electron chi connectivity index (χ3n) is 2.36. The zero-order valence-corrected chi connectivity index (χ0v) is 8.93. The molecule has 0 aliphatic rings. The molecule has 16 heavy (non-hydrogen) atoms. The average Bonchev–Trinajstić information content (AvgIpc) is 2.69. The fourth-order valence-corrected chi connectivity index (χ4v) is 1.55. The van der Waals surface area contributed by atoms with Gasteiger partial charge in [-0.2, -0.15) is 0 Å². The van der Waals surface area contributed by atoms with Gasteiger partial charge in [-0.05, 0) is 12.1 Å². The number of aromatic amines is 1. The van der Waals surface area contributed by atoms with Crippen molar-refractivity contribution in [3.05, 3.63) is 30.1 Å². The van der Waals surface area contributed by atoms with Crippen LogP contribution in [0.3, 0.4) is 0 Å². The van der Waals surface area contributed by atoms with Crippen LogP contribution in [-0.4, -0.2) is 29.1 Å². The van der Waals surface area contributed by atoms with Crippen LogP contribution in [0.4, 0.5) is 0 Å². The van der Waals surface area contributed by atoms with E-state index in [0.29, 0.717) is 12.2 Å². The van der Waals surface area contributed by atoms with E-state index in [0.717, 1.165) is 11.0 Å². The molecule has 1 unspecified atom stereocenters. The van der Waals surface area contributed by atoms with Gasteiger partial charge in [-0.15, -0.1) is 0 Å². The maximum atomic E-state index is 11.1. The molecule has 0 aliphatic heterocycles. The first-order chi connectivity index (χ1) is 7.70. The summed E-state index contributed by atoms with van der Waals surface area (Å²) in [4.78, 5) is 18.6. The molecule has 3 N–H and O–H groups in total. The van der Waals surface area contributed by atoms with Gasteiger partial charge < -0.3 is 15.5 Å². The van der Waals surface area contributed by atoms with Crippen LogP contribution >= 0.6 is 0 Å². The fraction of sp³-hybridized carbons (Fsp3) is 0.273. The molecule has 0 fully saturated rings. The Labute approximate surface area is 92.6 Å². The molecule has 1 aromatic heterocycles. The number of fused-ring (bicyclic) bond motifs is 1. The van der Waals surface area contributed by atoms with Gasteiger partial charge in [0.2, 0.25) is 0 Å². The lowest BCUT2D eigenvalue weighted by Crippen LogP contribution is -2.33. The van der Waals surface area contributed by atoms with Gasteiger partial charge in [-0.25, -0.2) is 4.98 Å². The summed E-state index contributed by atoms with van der Waals surface area (Å²) in [6.45, 7) is 0. The van der Waals surface area contributed by atoms with Crippen molar-refractivity contribution in [3.8, 4) is 0 Å². The molecule has 0 amide bonds. The van der Waals surface area contributed by atoms with Crippen LogP contribution < -0.4 is 5.73 Å². The Balaban J connectivity index is 2.18. The maximum absolute atomic E-state index is 11.1. The summed E-state index contributed by atoms with van der Waals surface area (Å²) >= 11 is 0. The number of H-pyrrole nitrogens is 1. The molecule has 0 radical (unpaired) electrons. The van der Waals surface area contributed by atoms with Gasteiger partial charge in [0.25, 0.3) is 0 Å². The van der Waals surface area contributed by atoms with Gasteiger partial charge in [0.1, 0.15) is 11.9 Å². The van der Waals surface area contributed by atoms with Crippen LogP contribution in [0.15, 0.2) is 24.3 Å². The first-order valence-electron chi connectivity index (χ1n) is 4.97. The monoisotopic (exact) mass is 219 g/mol. The first kappa shape index (κ1) is 10.6. The number of rotatable bonds is 3. The molecule has 0 aliphatic carbocycles. The number of hydrogen-bond donors (Lipinski definition) is 2. The Morgan fingerprint density at radius 2 is 2.31 bits per heavy atom. The number of carbonyl (C=O) groups excluding carboxylic acids is 1. The Morgan fingerprint density at radius 3 is 3.00 bits per heavy atom. The highest BCUT2D eigenvalue weighted by Gasteiger charge is 2.16. The second-order valence-corrected chi connectivity index (χ2v) is 3.53. The van der Waals surface area contributed by atoms with E-state index < -0.39 is 12.0 Å². The van der Waals surface area contributed by atoms with E-state index in [1.807, 2.05) is 24.3 Å². The number of ether oxygens (including phenoxy) is 1. The quantitative estimate of drug-likeness (QED) is 0.741. The van der Waals surface area contributed by atoms with E-state index in [1.54, 1.807) is 0 Å². The molecule has 2 aromatic rings. The van der Waals surface area contributed by atoms with Crippen molar-refractivity contribution < 1.29 is 9.53 Å². The number of imidazole rings is 1. The Morgan fingerprint density at radius 1 is 1.56 bits per heavy atom. The lowest BCUT2D eigenvalue weighted by molar-refractivity contribution is -0.142. The number of nitrogens with zero attached hydrogens (tertiary/aromatic N) is 1. The number of para-hydroxylation sites is 2. The van der Waals surface area contributed by atoms with Crippen LogP contribution in [0.1, 0.15) is 5.82 Å². The molecule has 0 saturated heterocycles. The SMILES string of the molecule is COC(=O)C(N)Cc1nc2ccccc2[nH]1. The molecule has 2 rings (SSSR count). The van der Waals surface area contributed by atoms with Crippen molar-refractivity contribution >= 4 is 17.0 Å². The van der Waals surface area contributed by atoms with Crippen molar-refractivity contribution in [2.24, 2.45) is 5.73 Å². The molecular formula is C11H13N3O2. The fourth-order valence-electron chi connectivity index (χ4n) is 1.55. The van der Waals surface area contributed by atoms with Gasteiger partial charge in [-0.3, -0.25) is 4.79 Å². The number of carbonyl (C=O) groups is 1. The summed E-state index contributed by atoms with van der Waals surface area (Å²) < 4.78 is 4.55. The summed E-state index contributed by atoms with van der Waals surface area (Å²) in [5.41, 5.74) is 7.46. The van der Waals surface area contributed by atoms with Gasteiger partial charge >= 0.3 is 5.97 Å². The van der Waals surface area contributed by atoms with Crippen LogP contribution in [0.2, 0.25) is 0 Å². The highest BCUT2D eigenvalue weighted by molar-refractivity contribution is 5.77. The third kappa shape index (κ3) is 2.04. The predicted molar refractivity (Wildman–Crippen MR) is 59.8 cm³/mol. The van der Waals surface area contributed by atoms with Crippen molar-refractivity contribution in [3.63, 3.8) is 0 Å². The Kier molecular flexibility index (Phi) is 2.87. The molecule has 0 spiro atoms. The van der Waals surface area contributed by atoms with E-state index in [9.17, 15) is 4.79 Å². The highest BCUT2D eigenvalue weighted by atomic mass is 16.5. The molecule has 0 saturated carbocycles. The van der Waals surface area contributed by atoms with Gasteiger partial charge in [0.05, 0.1) is 18.1 Å². The van der Waals surface area contributed by atoms with Crippen LogP contribution in [0, 0.1) is 0 Å². The van der Waals surface area contributed by atoms with Crippen LogP contribution in [-0.2, 0) is 16.0 Å². The van der Waals surface area contributed by atoms with Gasteiger partial charge in [0, 0.05) is 6.42 Å². The number of nitrogens with one attached hydrogen (secondary N) is 1. The lowest BCUT2D eigenvalue weighted by Gasteiger charge is -2.06. The second-order valence-electron chi connectivity index (χ2n) is 3.53. The largest absolute Gasteiger partial charge is 0.468 e. The molecule has 1 heterocycles. The number of methoxy groups -OCH3 is 1. The van der Waals surface area contributed by atoms with Crippen LogP contribution in [0.5, 0.6) is 0 Å². The Hall–Kier alpha value is -1.88. The standard InChI is InChI=1S/C11H13N3O2/c1-16-11(15)7(12)6-10-13-8-4-2-3-5-9(8)14-10/h2-5,7H,6,12H2,1H3,(H,13,14). The number of esters is 1. The van der Waals surface area contributed by atoms with Gasteiger partial charge in [0.15, 0.2) is 0 Å². The van der Waals surface area contributed by atoms with E-state index in [2.05, 4.69) is 14.7 Å². The van der Waals surface area contributed by atoms with Gasteiger partial charge in [-0.1, -0.05) is 12.1 Å². The first-order valence-corrected chi connectivity index (χ1v) is 4.97. The minimum atomic E-state index is -0.675. The molecular weight excluding hydrogens is 206 g/mol. The number of nitrogens with two attached hydrogens (primary N) is 1. The van der Waals surface area contributed by atoms with Crippen molar-refractivity contribution in [2.45, 2.75) is 12.5 Å². The molecule has 5 heteroatoms. The van der Waals surface area contributed by atoms with Crippen molar-refractivity contribution in [1.29, 1.82) is 0 Å².